The molecule has 2 N–H and O–H groups in total. The lowest BCUT2D eigenvalue weighted by Gasteiger charge is -2.34. The van der Waals surface area contributed by atoms with E-state index in [9.17, 15) is 14.7 Å². The molecule has 0 spiro atoms. The molecule has 5 heteroatoms. The Morgan fingerprint density at radius 3 is 2.58 bits per heavy atom. The van der Waals surface area contributed by atoms with Crippen molar-refractivity contribution in [2.75, 3.05) is 6.54 Å². The van der Waals surface area contributed by atoms with Crippen molar-refractivity contribution in [2.24, 2.45) is 11.8 Å². The van der Waals surface area contributed by atoms with Crippen molar-refractivity contribution in [3.05, 3.63) is 48.0 Å². The molecule has 1 heterocycles. The van der Waals surface area contributed by atoms with Crippen molar-refractivity contribution in [2.45, 2.75) is 69.6 Å². The van der Waals surface area contributed by atoms with Crippen LogP contribution in [-0.2, 0) is 4.79 Å². The molecular formula is C26H32N2O3. The quantitative estimate of drug-likeness (QED) is 0.788. The first-order valence-corrected chi connectivity index (χ1v) is 11.9. The summed E-state index contributed by atoms with van der Waals surface area (Å²) in [5, 5.41) is 15.1. The number of benzene rings is 2. The van der Waals surface area contributed by atoms with Gasteiger partial charge in [-0.2, -0.15) is 0 Å². The van der Waals surface area contributed by atoms with Gasteiger partial charge < -0.3 is 15.3 Å². The van der Waals surface area contributed by atoms with E-state index in [-0.39, 0.29) is 24.0 Å². The van der Waals surface area contributed by atoms with Crippen molar-refractivity contribution in [1.82, 2.24) is 10.2 Å². The molecule has 2 aromatic rings. The fourth-order valence-corrected chi connectivity index (χ4v) is 6.05. The predicted molar refractivity (Wildman–Crippen MR) is 121 cm³/mol. The second-order valence-electron chi connectivity index (χ2n) is 9.72. The van der Waals surface area contributed by atoms with E-state index in [1.807, 2.05) is 47.4 Å². The second-order valence-corrected chi connectivity index (χ2v) is 9.72. The lowest BCUT2D eigenvalue weighted by atomic mass is 9.84. The van der Waals surface area contributed by atoms with Crippen LogP contribution in [0.4, 0.5) is 0 Å². The number of hydrogen-bond acceptors (Lipinski definition) is 3. The van der Waals surface area contributed by atoms with Crippen molar-refractivity contribution < 1.29 is 14.7 Å². The Bertz CT molecular complexity index is 974. The van der Waals surface area contributed by atoms with Gasteiger partial charge in [0, 0.05) is 18.2 Å². The molecule has 1 saturated heterocycles. The molecule has 0 aromatic heterocycles. The maximum atomic E-state index is 13.7. The molecule has 5 rings (SSSR count). The highest BCUT2D eigenvalue weighted by molar-refractivity contribution is 6.01. The van der Waals surface area contributed by atoms with E-state index in [1.165, 1.54) is 6.42 Å². The van der Waals surface area contributed by atoms with Gasteiger partial charge >= 0.3 is 0 Å². The van der Waals surface area contributed by atoms with Crippen molar-refractivity contribution >= 4 is 22.6 Å². The zero-order chi connectivity index (χ0) is 21.4. The van der Waals surface area contributed by atoms with Gasteiger partial charge in [0.05, 0.1) is 6.10 Å². The SMILES string of the molecule is O=C(NCC1CCC(O)C1)[C@@H]1C[C@@H]2CCCC[C@@H]2N1C(=O)c1ccc2ccccc2c1. The zero-order valence-corrected chi connectivity index (χ0v) is 18.0. The summed E-state index contributed by atoms with van der Waals surface area (Å²) in [6.07, 6.45) is 7.47. The number of fused-ring (bicyclic) bond motifs is 2. The largest absolute Gasteiger partial charge is 0.393 e. The monoisotopic (exact) mass is 420 g/mol. The number of rotatable bonds is 4. The van der Waals surface area contributed by atoms with E-state index in [1.54, 1.807) is 0 Å². The number of aliphatic hydroxyl groups is 1. The molecule has 2 saturated carbocycles. The van der Waals surface area contributed by atoms with Crippen LogP contribution in [0.15, 0.2) is 42.5 Å². The van der Waals surface area contributed by atoms with Crippen molar-refractivity contribution in [3.8, 4) is 0 Å². The van der Waals surface area contributed by atoms with Crippen LogP contribution in [0.3, 0.4) is 0 Å². The molecule has 0 bridgehead atoms. The first-order valence-electron chi connectivity index (χ1n) is 11.9. The fourth-order valence-electron chi connectivity index (χ4n) is 6.05. The van der Waals surface area contributed by atoms with Gasteiger partial charge in [-0.25, -0.2) is 0 Å². The third-order valence-electron chi connectivity index (χ3n) is 7.70. The summed E-state index contributed by atoms with van der Waals surface area (Å²) in [6.45, 7) is 0.597. The Balaban J connectivity index is 1.37. The highest BCUT2D eigenvalue weighted by atomic mass is 16.3. The number of amides is 2. The first-order chi connectivity index (χ1) is 15.1. The van der Waals surface area contributed by atoms with Crippen LogP contribution >= 0.6 is 0 Å². The highest BCUT2D eigenvalue weighted by Crippen LogP contribution is 2.40. The molecule has 31 heavy (non-hydrogen) atoms. The van der Waals surface area contributed by atoms with Gasteiger partial charge in [0.25, 0.3) is 5.91 Å². The van der Waals surface area contributed by atoms with Gasteiger partial charge in [0.1, 0.15) is 6.04 Å². The molecule has 1 aliphatic heterocycles. The molecule has 2 amide bonds. The number of likely N-dealkylation sites (tertiary alicyclic amines) is 1. The van der Waals surface area contributed by atoms with Crippen molar-refractivity contribution in [1.29, 1.82) is 0 Å². The van der Waals surface area contributed by atoms with E-state index in [2.05, 4.69) is 5.32 Å². The van der Waals surface area contributed by atoms with Gasteiger partial charge in [-0.1, -0.05) is 43.2 Å². The molecule has 2 unspecified atom stereocenters. The maximum absolute atomic E-state index is 13.7. The minimum Gasteiger partial charge on any atom is -0.393 e. The normalized spacial score (nSPS) is 30.4. The van der Waals surface area contributed by atoms with Crippen LogP contribution in [0, 0.1) is 11.8 Å². The molecular weight excluding hydrogens is 388 g/mol. The van der Waals surface area contributed by atoms with Gasteiger partial charge in [0.15, 0.2) is 0 Å². The van der Waals surface area contributed by atoms with Crippen LogP contribution in [0.25, 0.3) is 10.8 Å². The second kappa shape index (κ2) is 8.62. The number of nitrogens with one attached hydrogen (secondary N) is 1. The van der Waals surface area contributed by atoms with E-state index in [0.717, 1.165) is 55.7 Å². The van der Waals surface area contributed by atoms with Crippen LogP contribution in [0.2, 0.25) is 0 Å². The third kappa shape index (κ3) is 4.08. The zero-order valence-electron chi connectivity index (χ0n) is 18.0. The minimum absolute atomic E-state index is 0.0170. The van der Waals surface area contributed by atoms with E-state index < -0.39 is 6.04 Å². The molecule has 3 fully saturated rings. The summed E-state index contributed by atoms with van der Waals surface area (Å²) in [6, 6.07) is 13.7. The van der Waals surface area contributed by atoms with Gasteiger partial charge in [-0.05, 0) is 73.3 Å². The lowest BCUT2D eigenvalue weighted by molar-refractivity contribution is -0.125. The van der Waals surface area contributed by atoms with Crippen LogP contribution in [-0.4, -0.2) is 46.6 Å². The van der Waals surface area contributed by atoms with E-state index in [4.69, 9.17) is 0 Å². The molecule has 5 atom stereocenters. The summed E-state index contributed by atoms with van der Waals surface area (Å²) in [5.41, 5.74) is 0.668. The lowest BCUT2D eigenvalue weighted by Crippen LogP contribution is -2.50. The van der Waals surface area contributed by atoms with Crippen molar-refractivity contribution in [3.63, 3.8) is 0 Å². The Labute approximate surface area is 183 Å². The van der Waals surface area contributed by atoms with Crippen LogP contribution in [0.1, 0.15) is 61.7 Å². The third-order valence-corrected chi connectivity index (χ3v) is 7.70. The summed E-state index contributed by atoms with van der Waals surface area (Å²) in [7, 11) is 0. The number of hydrogen-bond donors (Lipinski definition) is 2. The minimum atomic E-state index is -0.390. The summed E-state index contributed by atoms with van der Waals surface area (Å²) >= 11 is 0. The number of carbonyl (C=O) groups is 2. The Morgan fingerprint density at radius 1 is 0.968 bits per heavy atom. The van der Waals surface area contributed by atoms with Crippen LogP contribution in [0.5, 0.6) is 0 Å². The number of aliphatic hydroxyl groups excluding tert-OH is 1. The smallest absolute Gasteiger partial charge is 0.254 e. The Morgan fingerprint density at radius 2 is 1.77 bits per heavy atom. The highest BCUT2D eigenvalue weighted by Gasteiger charge is 2.47. The van der Waals surface area contributed by atoms with Gasteiger partial charge in [0.2, 0.25) is 5.91 Å². The first kappa shape index (κ1) is 20.5. The fraction of sp³-hybridized carbons (Fsp3) is 0.538. The molecule has 3 aliphatic rings. The topological polar surface area (TPSA) is 69.6 Å². The number of nitrogens with zero attached hydrogens (tertiary/aromatic N) is 1. The standard InChI is InChI=1S/C26H32N2O3/c29-22-12-9-17(13-22)16-27-25(30)24-15-20-7-3-4-8-23(20)28(24)26(31)21-11-10-18-5-1-2-6-19(18)14-21/h1-2,5-6,10-11,14,17,20,22-24,29H,3-4,7-9,12-13,15-16H2,(H,27,30)/t17?,20-,22?,23-,24-/m0/s1. The summed E-state index contributed by atoms with van der Waals surface area (Å²) in [5.74, 6) is 0.719. The average Bonchev–Trinajstić information content (AvgIpc) is 3.40. The maximum Gasteiger partial charge on any atom is 0.254 e. The predicted octanol–water partition coefficient (Wildman–Crippen LogP) is 3.89. The molecule has 0 radical (unpaired) electrons. The molecule has 2 aromatic carbocycles. The van der Waals surface area contributed by atoms with Gasteiger partial charge in [-0.15, -0.1) is 0 Å². The van der Waals surface area contributed by atoms with Gasteiger partial charge in [-0.3, -0.25) is 9.59 Å². The molecule has 164 valence electrons. The van der Waals surface area contributed by atoms with E-state index >= 15 is 0 Å². The van der Waals surface area contributed by atoms with Crippen LogP contribution < -0.4 is 5.32 Å². The Kier molecular flexibility index (Phi) is 5.70. The van der Waals surface area contributed by atoms with E-state index in [0.29, 0.717) is 23.9 Å². The Hall–Kier alpha value is -2.40. The summed E-state index contributed by atoms with van der Waals surface area (Å²) in [4.78, 5) is 28.8. The average molecular weight is 421 g/mol. The molecule has 5 nitrogen and oxygen atoms in total. The number of carbonyl (C=O) groups excluding carboxylic acids is 2. The summed E-state index contributed by atoms with van der Waals surface area (Å²) < 4.78 is 0. The molecule has 2 aliphatic carbocycles.